The van der Waals surface area contributed by atoms with Gasteiger partial charge in [-0.25, -0.2) is 0 Å². The summed E-state index contributed by atoms with van der Waals surface area (Å²) in [5.41, 5.74) is 0. The molecule has 0 unspecified atom stereocenters. The summed E-state index contributed by atoms with van der Waals surface area (Å²) in [6, 6.07) is 21.9. The Morgan fingerprint density at radius 3 is 1.50 bits per heavy atom. The normalized spacial score (nSPS) is 12.3. The van der Waals surface area contributed by atoms with Crippen LogP contribution in [0.15, 0.2) is 60.7 Å². The second kappa shape index (κ2) is 11.6. The van der Waals surface area contributed by atoms with Gasteiger partial charge in [0.15, 0.2) is 0 Å². The first-order valence-corrected chi connectivity index (χ1v) is 13.2. The first-order valence-electron chi connectivity index (χ1n) is 11.3. The average Bonchev–Trinajstić information content (AvgIpc) is 2.70. The molecule has 0 radical (unpaired) electrons. The van der Waals surface area contributed by atoms with Gasteiger partial charge in [0.2, 0.25) is 0 Å². The van der Waals surface area contributed by atoms with Gasteiger partial charge < -0.3 is 4.43 Å². The highest BCUT2D eigenvalue weighted by molar-refractivity contribution is 6.99. The zero-order valence-electron chi connectivity index (χ0n) is 18.5. The smallest absolute Gasteiger partial charge is 0.261 e. The predicted molar refractivity (Wildman–Crippen MR) is 126 cm³/mol. The van der Waals surface area contributed by atoms with Gasteiger partial charge in [0.25, 0.3) is 8.32 Å². The molecule has 0 aliphatic rings. The highest BCUT2D eigenvalue weighted by atomic mass is 28.4. The molecule has 0 heterocycles. The quantitative estimate of drug-likeness (QED) is 0.286. The van der Waals surface area contributed by atoms with E-state index in [0.29, 0.717) is 0 Å². The standard InChI is InChI=1S/C26H40OSi/c1-5-6-7-8-9-10-11-18-23-27-28(26(2,3)4,24-19-14-12-15-20-24)25-21-16-13-17-22-25/h12-17,19-22H,5-11,18,23H2,1-4H3. The summed E-state index contributed by atoms with van der Waals surface area (Å²) in [6.07, 6.45) is 10.7. The van der Waals surface area contributed by atoms with E-state index in [-0.39, 0.29) is 5.04 Å². The van der Waals surface area contributed by atoms with E-state index in [9.17, 15) is 0 Å². The molecule has 0 atom stereocenters. The second-order valence-electron chi connectivity index (χ2n) is 8.99. The van der Waals surface area contributed by atoms with Crippen molar-refractivity contribution in [1.29, 1.82) is 0 Å². The van der Waals surface area contributed by atoms with Gasteiger partial charge >= 0.3 is 0 Å². The molecule has 0 aromatic heterocycles. The Morgan fingerprint density at radius 1 is 0.643 bits per heavy atom. The molecule has 2 heteroatoms. The summed E-state index contributed by atoms with van der Waals surface area (Å²) in [5, 5.41) is 2.84. The van der Waals surface area contributed by atoms with Crippen molar-refractivity contribution in [3.05, 3.63) is 60.7 Å². The van der Waals surface area contributed by atoms with E-state index in [2.05, 4.69) is 88.4 Å². The van der Waals surface area contributed by atoms with Gasteiger partial charge in [-0.15, -0.1) is 0 Å². The summed E-state index contributed by atoms with van der Waals surface area (Å²) in [4.78, 5) is 0. The van der Waals surface area contributed by atoms with Crippen LogP contribution in [0.1, 0.15) is 79.1 Å². The van der Waals surface area contributed by atoms with E-state index in [1.165, 1.54) is 55.3 Å². The molecule has 28 heavy (non-hydrogen) atoms. The predicted octanol–water partition coefficient (Wildman–Crippen LogP) is 6.70. The van der Waals surface area contributed by atoms with E-state index in [1.54, 1.807) is 0 Å². The third-order valence-corrected chi connectivity index (χ3v) is 10.8. The zero-order chi connectivity index (χ0) is 20.3. The van der Waals surface area contributed by atoms with Crippen LogP contribution < -0.4 is 10.4 Å². The van der Waals surface area contributed by atoms with Crippen LogP contribution in [-0.2, 0) is 4.43 Å². The van der Waals surface area contributed by atoms with Crippen LogP contribution in [-0.4, -0.2) is 14.9 Å². The number of benzene rings is 2. The van der Waals surface area contributed by atoms with Crippen molar-refractivity contribution in [3.63, 3.8) is 0 Å². The van der Waals surface area contributed by atoms with Crippen molar-refractivity contribution < 1.29 is 4.43 Å². The maximum atomic E-state index is 6.95. The van der Waals surface area contributed by atoms with Crippen molar-refractivity contribution in [2.75, 3.05) is 6.61 Å². The minimum absolute atomic E-state index is 0.0792. The minimum Gasteiger partial charge on any atom is -0.407 e. The Morgan fingerprint density at radius 2 is 1.07 bits per heavy atom. The number of rotatable bonds is 12. The van der Waals surface area contributed by atoms with Crippen LogP contribution in [0.25, 0.3) is 0 Å². The SMILES string of the molecule is CCCCCCCCCCO[Si](c1ccccc1)(c1ccccc1)C(C)(C)C. The van der Waals surface area contributed by atoms with Crippen molar-refractivity contribution in [2.24, 2.45) is 0 Å². The van der Waals surface area contributed by atoms with E-state index in [4.69, 9.17) is 4.43 Å². The van der Waals surface area contributed by atoms with E-state index in [1.807, 2.05) is 0 Å². The highest BCUT2D eigenvalue weighted by Crippen LogP contribution is 2.36. The van der Waals surface area contributed by atoms with Crippen molar-refractivity contribution >= 4 is 18.7 Å². The fraction of sp³-hybridized carbons (Fsp3) is 0.538. The largest absolute Gasteiger partial charge is 0.407 e. The first kappa shape index (κ1) is 22.9. The van der Waals surface area contributed by atoms with Crippen LogP contribution >= 0.6 is 0 Å². The molecule has 0 spiro atoms. The Balaban J connectivity index is 2.08. The molecule has 0 aliphatic carbocycles. The Hall–Kier alpha value is -1.38. The Bertz CT molecular complexity index is 606. The molecule has 154 valence electrons. The van der Waals surface area contributed by atoms with Gasteiger partial charge in [-0.1, -0.05) is 133 Å². The van der Waals surface area contributed by atoms with Crippen molar-refractivity contribution in [3.8, 4) is 0 Å². The Kier molecular flexibility index (Phi) is 9.47. The zero-order valence-corrected chi connectivity index (χ0v) is 19.5. The third-order valence-electron chi connectivity index (χ3n) is 5.73. The van der Waals surface area contributed by atoms with Crippen molar-refractivity contribution in [1.82, 2.24) is 0 Å². The monoisotopic (exact) mass is 396 g/mol. The fourth-order valence-electron chi connectivity index (χ4n) is 4.22. The van der Waals surface area contributed by atoms with Gasteiger partial charge in [-0.2, -0.15) is 0 Å². The molecule has 2 aromatic rings. The van der Waals surface area contributed by atoms with Crippen LogP contribution in [0.3, 0.4) is 0 Å². The lowest BCUT2D eigenvalue weighted by atomic mass is 10.1. The second-order valence-corrected chi connectivity index (χ2v) is 13.3. The molecule has 0 amide bonds. The van der Waals surface area contributed by atoms with Crippen LogP contribution in [0, 0.1) is 0 Å². The fourth-order valence-corrected chi connectivity index (χ4v) is 8.83. The summed E-state index contributed by atoms with van der Waals surface area (Å²) >= 11 is 0. The maximum Gasteiger partial charge on any atom is 0.261 e. The van der Waals surface area contributed by atoms with Gasteiger partial charge in [-0.05, 0) is 21.8 Å². The van der Waals surface area contributed by atoms with Gasteiger partial charge in [0.1, 0.15) is 0 Å². The van der Waals surface area contributed by atoms with Gasteiger partial charge in [0.05, 0.1) is 0 Å². The van der Waals surface area contributed by atoms with Gasteiger partial charge in [-0.3, -0.25) is 0 Å². The van der Waals surface area contributed by atoms with Crippen molar-refractivity contribution in [2.45, 2.75) is 84.1 Å². The lowest BCUT2D eigenvalue weighted by Crippen LogP contribution is -2.66. The highest BCUT2D eigenvalue weighted by Gasteiger charge is 2.49. The number of unbranched alkanes of at least 4 members (excludes halogenated alkanes) is 7. The molecular weight excluding hydrogens is 356 g/mol. The van der Waals surface area contributed by atoms with Crippen LogP contribution in [0.2, 0.25) is 5.04 Å². The molecule has 0 saturated carbocycles. The summed E-state index contributed by atoms with van der Waals surface area (Å²) < 4.78 is 6.95. The molecule has 0 fully saturated rings. The molecule has 0 saturated heterocycles. The molecule has 0 N–H and O–H groups in total. The molecular formula is C26H40OSi. The van der Waals surface area contributed by atoms with E-state index in [0.717, 1.165) is 13.0 Å². The lowest BCUT2D eigenvalue weighted by Gasteiger charge is -2.43. The van der Waals surface area contributed by atoms with E-state index >= 15 is 0 Å². The lowest BCUT2D eigenvalue weighted by molar-refractivity contribution is 0.286. The average molecular weight is 397 g/mol. The van der Waals surface area contributed by atoms with Crippen LogP contribution in [0.4, 0.5) is 0 Å². The topological polar surface area (TPSA) is 9.23 Å². The third kappa shape index (κ3) is 6.06. The Labute approximate surface area is 174 Å². The first-order chi connectivity index (χ1) is 13.5. The molecule has 1 nitrogen and oxygen atoms in total. The summed E-state index contributed by atoms with van der Waals surface area (Å²) in [6.45, 7) is 10.2. The van der Waals surface area contributed by atoms with Gasteiger partial charge in [0, 0.05) is 6.61 Å². The molecule has 2 aromatic carbocycles. The summed E-state index contributed by atoms with van der Waals surface area (Å²) in [5.74, 6) is 0. The maximum absolute atomic E-state index is 6.95. The molecule has 0 bridgehead atoms. The number of hydrogen-bond donors (Lipinski definition) is 0. The van der Waals surface area contributed by atoms with E-state index < -0.39 is 8.32 Å². The number of hydrogen-bond acceptors (Lipinski definition) is 1. The molecule has 2 rings (SSSR count). The summed E-state index contributed by atoms with van der Waals surface area (Å²) in [7, 11) is -2.34. The minimum atomic E-state index is -2.34. The molecule has 0 aliphatic heterocycles. The van der Waals surface area contributed by atoms with Crippen LogP contribution in [0.5, 0.6) is 0 Å².